The van der Waals surface area contributed by atoms with Crippen LogP contribution in [0.1, 0.15) is 226 Å². The van der Waals surface area contributed by atoms with Crippen molar-refractivity contribution in [1.82, 2.24) is 10.6 Å². The first kappa shape index (κ1) is 70.7. The molecule has 1 amide bonds. The Labute approximate surface area is 448 Å². The van der Waals surface area contributed by atoms with Gasteiger partial charge in [0.25, 0.3) is 0 Å². The van der Waals surface area contributed by atoms with Gasteiger partial charge in [0.15, 0.2) is 12.3 Å². The third-order valence-electron chi connectivity index (χ3n) is 13.5. The standard InChI is InChI=1S/C54H102FN2O17P/c1-4-6-8-10-12-14-16-18-20-22-24-26-28-30-32-34-46(61)69-41-44(73-47(62)35-33-31-29-27-25-23-21-19-17-15-13-11-9-7-5-2)42-72-75(67,68)71-39-37-56-36-38-70-54(53(65)66)52(55)50(64)48(57-43(3)59)51(74-54)49(63)45(60)40-58/h44-45,48-52,56,58,60,63-64H,4-42H2,1-3H3,(H,57,59)(H,65,66)(H,67,68)/t44?,45-,48-,49-,50-,51-,52-,54-/m1/s1. The molecule has 1 aliphatic heterocycles. The zero-order valence-corrected chi connectivity index (χ0v) is 47.0. The van der Waals surface area contributed by atoms with Crippen LogP contribution in [0.3, 0.4) is 0 Å². The summed E-state index contributed by atoms with van der Waals surface area (Å²) in [5, 5.41) is 55.4. The predicted octanol–water partition coefficient (Wildman–Crippen LogP) is 8.80. The molecular weight excluding hydrogens is 999 g/mol. The van der Waals surface area contributed by atoms with Crippen LogP contribution in [-0.2, 0) is 51.7 Å². The Morgan fingerprint density at radius 1 is 0.653 bits per heavy atom. The summed E-state index contributed by atoms with van der Waals surface area (Å²) in [5.74, 6) is -7.12. The molecule has 1 fully saturated rings. The van der Waals surface area contributed by atoms with Crippen LogP contribution >= 0.6 is 7.82 Å². The Morgan fingerprint density at radius 3 is 1.51 bits per heavy atom. The molecular formula is C54H102FN2O17P. The number of alkyl halides is 1. The highest BCUT2D eigenvalue weighted by atomic mass is 31.2. The van der Waals surface area contributed by atoms with Crippen LogP contribution in [-0.4, -0.2) is 149 Å². The smallest absolute Gasteiger partial charge is 0.472 e. The van der Waals surface area contributed by atoms with E-state index in [-0.39, 0.29) is 25.9 Å². The van der Waals surface area contributed by atoms with Crippen molar-refractivity contribution in [1.29, 1.82) is 0 Å². The molecule has 75 heavy (non-hydrogen) atoms. The van der Waals surface area contributed by atoms with Crippen molar-refractivity contribution >= 4 is 31.6 Å². The third kappa shape index (κ3) is 33.6. The summed E-state index contributed by atoms with van der Waals surface area (Å²) >= 11 is 0. The number of hydrogen-bond donors (Lipinski definition) is 8. The topological polar surface area (TPSA) is 286 Å². The van der Waals surface area contributed by atoms with Gasteiger partial charge in [-0.2, -0.15) is 0 Å². The summed E-state index contributed by atoms with van der Waals surface area (Å²) in [5.41, 5.74) is 0. The van der Waals surface area contributed by atoms with Gasteiger partial charge < -0.3 is 60.0 Å². The Morgan fingerprint density at radius 2 is 1.08 bits per heavy atom. The zero-order valence-electron chi connectivity index (χ0n) is 46.1. The monoisotopic (exact) mass is 1100 g/mol. The van der Waals surface area contributed by atoms with Gasteiger partial charge in [0.05, 0.1) is 32.5 Å². The van der Waals surface area contributed by atoms with Gasteiger partial charge in [-0.05, 0) is 12.8 Å². The molecule has 0 aliphatic carbocycles. The van der Waals surface area contributed by atoms with Crippen molar-refractivity contribution in [2.24, 2.45) is 0 Å². The number of esters is 2. The lowest BCUT2D eigenvalue weighted by Crippen LogP contribution is -2.73. The van der Waals surface area contributed by atoms with E-state index in [1.807, 2.05) is 0 Å². The lowest BCUT2D eigenvalue weighted by Gasteiger charge is -2.48. The summed E-state index contributed by atoms with van der Waals surface area (Å²) in [6, 6.07) is -1.74. The number of aliphatic hydroxyl groups excluding tert-OH is 4. The maximum atomic E-state index is 15.6. The van der Waals surface area contributed by atoms with Crippen molar-refractivity contribution < 1.29 is 86.6 Å². The molecule has 0 spiro atoms. The maximum absolute atomic E-state index is 15.6. The van der Waals surface area contributed by atoms with E-state index in [0.717, 1.165) is 51.9 Å². The number of phosphoric acid groups is 1. The van der Waals surface area contributed by atoms with Crippen LogP contribution < -0.4 is 10.6 Å². The molecule has 21 heteroatoms. The van der Waals surface area contributed by atoms with E-state index in [0.29, 0.717) is 12.8 Å². The summed E-state index contributed by atoms with van der Waals surface area (Å²) < 4.78 is 60.1. The third-order valence-corrected chi connectivity index (χ3v) is 14.5. The minimum atomic E-state index is -4.77. The van der Waals surface area contributed by atoms with Crippen LogP contribution in [0.5, 0.6) is 0 Å². The van der Waals surface area contributed by atoms with Crippen molar-refractivity contribution in [2.45, 2.75) is 275 Å². The first-order chi connectivity index (χ1) is 36.0. The van der Waals surface area contributed by atoms with E-state index in [1.54, 1.807) is 0 Å². The maximum Gasteiger partial charge on any atom is 0.472 e. The summed E-state index contributed by atoms with van der Waals surface area (Å²) in [4.78, 5) is 60.1. The number of ether oxygens (including phenoxy) is 4. The molecule has 1 aliphatic rings. The number of amides is 1. The molecule has 442 valence electrons. The molecule has 1 saturated heterocycles. The van der Waals surface area contributed by atoms with Gasteiger partial charge in [-0.1, -0.05) is 194 Å². The van der Waals surface area contributed by atoms with Crippen LogP contribution in [0, 0.1) is 0 Å². The Bertz CT molecular complexity index is 1520. The molecule has 0 aromatic rings. The number of hydrogen-bond acceptors (Lipinski definition) is 16. The lowest BCUT2D eigenvalue weighted by atomic mass is 9.87. The average Bonchev–Trinajstić information content (AvgIpc) is 3.38. The SMILES string of the molecule is CCCCCCCCCCCCCCCCCC(=O)OCC(COP(=O)(O)OCCNCCO[C@@]1(C(=O)O)O[C@@H]([C@H](O)[C@H](O)CO)[C@H](NC(C)=O)[C@@H](O)[C@H]1F)OC(=O)CCCCCCCCCCCCCCCCC. The summed E-state index contributed by atoms with van der Waals surface area (Å²) in [7, 11) is -4.77. The lowest BCUT2D eigenvalue weighted by molar-refractivity contribution is -0.335. The van der Waals surface area contributed by atoms with Crippen LogP contribution in [0.4, 0.5) is 4.39 Å². The molecule has 8 N–H and O–H groups in total. The number of carboxylic acid groups (broad SMARTS) is 1. The molecule has 9 atom stereocenters. The first-order valence-electron chi connectivity index (χ1n) is 28.8. The number of halogens is 1. The first-order valence-corrected chi connectivity index (χ1v) is 30.3. The molecule has 19 nitrogen and oxygen atoms in total. The fourth-order valence-electron chi connectivity index (χ4n) is 9.04. The normalized spacial score (nSPS) is 20.8. The highest BCUT2D eigenvalue weighted by molar-refractivity contribution is 7.47. The van der Waals surface area contributed by atoms with E-state index in [2.05, 4.69) is 24.5 Å². The zero-order chi connectivity index (χ0) is 55.6. The summed E-state index contributed by atoms with van der Waals surface area (Å²) in [6.45, 7) is 2.02. The predicted molar refractivity (Wildman–Crippen MR) is 283 cm³/mol. The Balaban J connectivity index is 2.61. The minimum absolute atomic E-state index is 0.115. The van der Waals surface area contributed by atoms with Crippen molar-refractivity contribution in [3.05, 3.63) is 0 Å². The van der Waals surface area contributed by atoms with Gasteiger partial charge in [0.1, 0.15) is 31.0 Å². The number of phosphoric ester groups is 1. The summed E-state index contributed by atoms with van der Waals surface area (Å²) in [6.07, 6.45) is 23.5. The quantitative estimate of drug-likeness (QED) is 0.0160. The molecule has 1 rings (SSSR count). The molecule has 0 bridgehead atoms. The highest BCUT2D eigenvalue weighted by Gasteiger charge is 2.63. The van der Waals surface area contributed by atoms with Crippen LogP contribution in [0.15, 0.2) is 0 Å². The minimum Gasteiger partial charge on any atom is -0.477 e. The molecule has 0 saturated carbocycles. The van der Waals surface area contributed by atoms with Gasteiger partial charge in [-0.25, -0.2) is 13.8 Å². The van der Waals surface area contributed by atoms with Crippen LogP contribution in [0.25, 0.3) is 0 Å². The van der Waals surface area contributed by atoms with Crippen molar-refractivity contribution in [2.75, 3.05) is 46.1 Å². The molecule has 0 aromatic heterocycles. The fraction of sp³-hybridized carbons (Fsp3) is 0.926. The number of carboxylic acids is 1. The number of unbranched alkanes of at least 4 members (excludes halogenated alkanes) is 28. The highest BCUT2D eigenvalue weighted by Crippen LogP contribution is 2.43. The number of nitrogens with one attached hydrogen (secondary N) is 2. The van der Waals surface area contributed by atoms with E-state index >= 15 is 4.39 Å². The molecule has 2 unspecified atom stereocenters. The van der Waals surface area contributed by atoms with E-state index in [4.69, 9.17) is 28.0 Å². The Kier molecular flexibility index (Phi) is 41.9. The van der Waals surface area contributed by atoms with E-state index < -0.39 is 113 Å². The number of aliphatic hydroxyl groups is 4. The van der Waals surface area contributed by atoms with Crippen LogP contribution in [0.2, 0.25) is 0 Å². The average molecular weight is 1100 g/mol. The molecule has 1 heterocycles. The van der Waals surface area contributed by atoms with Crippen molar-refractivity contribution in [3.63, 3.8) is 0 Å². The largest absolute Gasteiger partial charge is 0.477 e. The molecule has 0 aromatic carbocycles. The van der Waals surface area contributed by atoms with Gasteiger partial charge >= 0.3 is 31.5 Å². The number of carbonyl (C=O) groups is 4. The number of carbonyl (C=O) groups excluding carboxylic acids is 3. The van der Waals surface area contributed by atoms with Gasteiger partial charge in [-0.15, -0.1) is 0 Å². The van der Waals surface area contributed by atoms with E-state index in [1.165, 1.54) is 135 Å². The molecule has 0 radical (unpaired) electrons. The second kappa shape index (κ2) is 44.5. The van der Waals surface area contributed by atoms with E-state index in [9.17, 15) is 54.2 Å². The number of rotatable bonds is 51. The fourth-order valence-corrected chi connectivity index (χ4v) is 9.80. The van der Waals surface area contributed by atoms with Gasteiger partial charge in [-0.3, -0.25) is 23.4 Å². The number of aliphatic carboxylic acids is 1. The van der Waals surface area contributed by atoms with Gasteiger partial charge in [0, 0.05) is 32.9 Å². The van der Waals surface area contributed by atoms with Gasteiger partial charge in [0.2, 0.25) is 5.91 Å². The second-order valence-electron chi connectivity index (χ2n) is 20.3. The van der Waals surface area contributed by atoms with Crippen molar-refractivity contribution in [3.8, 4) is 0 Å². The Hall–Kier alpha value is -2.36. The second-order valence-corrected chi connectivity index (χ2v) is 21.8.